The maximum atomic E-state index is 5.73. The second-order valence-corrected chi connectivity index (χ2v) is 4.16. The molecule has 0 saturated carbocycles. The number of nitrogens with zero attached hydrogens (tertiary/aromatic N) is 3. The van der Waals surface area contributed by atoms with Crippen LogP contribution in [0, 0.1) is 0 Å². The number of aromatic nitrogens is 3. The van der Waals surface area contributed by atoms with E-state index in [1.165, 1.54) is 0 Å². The normalized spacial score (nSPS) is 10.3. The van der Waals surface area contributed by atoms with Gasteiger partial charge in [0.25, 0.3) is 0 Å². The number of hydrogen-bond acceptors (Lipinski definition) is 5. The van der Waals surface area contributed by atoms with Crippen molar-refractivity contribution >= 4 is 0 Å². The summed E-state index contributed by atoms with van der Waals surface area (Å²) in [6.45, 7) is 4.59. The molecule has 6 heteroatoms. The fourth-order valence-electron chi connectivity index (χ4n) is 2.00. The molecule has 1 heterocycles. The van der Waals surface area contributed by atoms with Crippen molar-refractivity contribution in [1.29, 1.82) is 0 Å². The van der Waals surface area contributed by atoms with Crippen LogP contribution in [0.15, 0.2) is 30.9 Å². The highest BCUT2D eigenvalue weighted by molar-refractivity contribution is 5.66. The lowest BCUT2D eigenvalue weighted by molar-refractivity contribution is 0.394. The molecule has 6 nitrogen and oxygen atoms in total. The summed E-state index contributed by atoms with van der Waals surface area (Å²) < 4.78 is 12.3. The van der Waals surface area contributed by atoms with E-state index in [1.807, 2.05) is 18.2 Å². The molecule has 1 aromatic heterocycles. The van der Waals surface area contributed by atoms with Crippen molar-refractivity contribution < 1.29 is 9.47 Å². The van der Waals surface area contributed by atoms with Crippen molar-refractivity contribution in [3.63, 3.8) is 0 Å². The Labute approximate surface area is 117 Å². The Morgan fingerprint density at radius 2 is 1.90 bits per heavy atom. The molecule has 0 fully saturated rings. The van der Waals surface area contributed by atoms with Crippen LogP contribution in [-0.2, 0) is 13.1 Å². The van der Waals surface area contributed by atoms with Crippen LogP contribution in [0.4, 0.5) is 0 Å². The molecule has 0 saturated heterocycles. The van der Waals surface area contributed by atoms with Crippen LogP contribution in [0.3, 0.4) is 0 Å². The Morgan fingerprint density at radius 1 is 1.25 bits per heavy atom. The van der Waals surface area contributed by atoms with Crippen molar-refractivity contribution in [2.24, 2.45) is 5.73 Å². The van der Waals surface area contributed by atoms with E-state index in [2.05, 4.69) is 16.9 Å². The van der Waals surface area contributed by atoms with Crippen molar-refractivity contribution in [1.82, 2.24) is 15.0 Å². The first-order valence-corrected chi connectivity index (χ1v) is 6.20. The van der Waals surface area contributed by atoms with Gasteiger partial charge in [-0.25, -0.2) is 4.68 Å². The smallest absolute Gasteiger partial charge is 0.123 e. The molecule has 1 aromatic carbocycles. The van der Waals surface area contributed by atoms with E-state index in [0.717, 1.165) is 17.0 Å². The lowest BCUT2D eigenvalue weighted by Gasteiger charge is -2.10. The minimum atomic E-state index is 0.312. The zero-order valence-electron chi connectivity index (χ0n) is 11.7. The lowest BCUT2D eigenvalue weighted by Crippen LogP contribution is -2.03. The van der Waals surface area contributed by atoms with Gasteiger partial charge in [-0.15, -0.1) is 11.7 Å². The van der Waals surface area contributed by atoms with E-state index < -0.39 is 0 Å². The van der Waals surface area contributed by atoms with Gasteiger partial charge >= 0.3 is 0 Å². The van der Waals surface area contributed by atoms with Gasteiger partial charge in [0.2, 0.25) is 0 Å². The third kappa shape index (κ3) is 2.65. The predicted octanol–water partition coefficient (Wildman–Crippen LogP) is 1.61. The van der Waals surface area contributed by atoms with Crippen molar-refractivity contribution in [2.45, 2.75) is 13.1 Å². The van der Waals surface area contributed by atoms with Crippen LogP contribution in [0.5, 0.6) is 11.5 Å². The molecule has 0 radical (unpaired) electrons. The predicted molar refractivity (Wildman–Crippen MR) is 76.7 cm³/mol. The number of nitrogens with two attached hydrogens (primary N) is 1. The minimum Gasteiger partial charge on any atom is -0.497 e. The van der Waals surface area contributed by atoms with Gasteiger partial charge in [0, 0.05) is 18.2 Å². The lowest BCUT2D eigenvalue weighted by atomic mass is 10.1. The summed E-state index contributed by atoms with van der Waals surface area (Å²) >= 11 is 0. The van der Waals surface area contributed by atoms with Crippen LogP contribution in [0.2, 0.25) is 0 Å². The highest BCUT2D eigenvalue weighted by Crippen LogP contribution is 2.31. The second kappa shape index (κ2) is 6.21. The topological polar surface area (TPSA) is 75.2 Å². The fraction of sp³-hybridized carbons (Fsp3) is 0.286. The second-order valence-electron chi connectivity index (χ2n) is 4.16. The molecule has 0 aliphatic rings. The number of ether oxygens (including phenoxy) is 2. The first-order valence-electron chi connectivity index (χ1n) is 6.20. The van der Waals surface area contributed by atoms with Crippen molar-refractivity contribution in [3.8, 4) is 22.8 Å². The van der Waals surface area contributed by atoms with Gasteiger partial charge in [-0.2, -0.15) is 0 Å². The van der Waals surface area contributed by atoms with Crippen LogP contribution >= 0.6 is 0 Å². The number of methoxy groups -OCH3 is 2. The van der Waals surface area contributed by atoms with Crippen LogP contribution in [-0.4, -0.2) is 29.2 Å². The van der Waals surface area contributed by atoms with Gasteiger partial charge in [0.1, 0.15) is 17.2 Å². The minimum absolute atomic E-state index is 0.312. The van der Waals surface area contributed by atoms with E-state index in [9.17, 15) is 0 Å². The monoisotopic (exact) mass is 274 g/mol. The molecule has 0 aliphatic carbocycles. The average molecular weight is 274 g/mol. The molecular weight excluding hydrogens is 256 g/mol. The molecule has 2 aromatic rings. The summed E-state index contributed by atoms with van der Waals surface area (Å²) in [6, 6.07) is 5.62. The molecule has 0 amide bonds. The van der Waals surface area contributed by atoms with E-state index >= 15 is 0 Å². The van der Waals surface area contributed by atoms with Crippen LogP contribution in [0.1, 0.15) is 5.69 Å². The van der Waals surface area contributed by atoms with Crippen molar-refractivity contribution in [2.75, 3.05) is 14.2 Å². The van der Waals surface area contributed by atoms with E-state index in [0.29, 0.717) is 24.6 Å². The van der Waals surface area contributed by atoms with Gasteiger partial charge in [0.15, 0.2) is 0 Å². The molecule has 0 spiro atoms. The third-order valence-corrected chi connectivity index (χ3v) is 2.93. The van der Waals surface area contributed by atoms with E-state index in [1.54, 1.807) is 25.0 Å². The Bertz CT molecular complexity index is 585. The zero-order valence-corrected chi connectivity index (χ0v) is 11.7. The molecule has 0 bridgehead atoms. The number of benzene rings is 1. The highest BCUT2D eigenvalue weighted by Gasteiger charge is 2.15. The maximum Gasteiger partial charge on any atom is 0.123 e. The summed E-state index contributed by atoms with van der Waals surface area (Å²) in [4.78, 5) is 0. The van der Waals surface area contributed by atoms with Gasteiger partial charge in [-0.1, -0.05) is 11.3 Å². The molecule has 0 atom stereocenters. The van der Waals surface area contributed by atoms with Gasteiger partial charge in [0.05, 0.1) is 26.5 Å². The van der Waals surface area contributed by atoms with Crippen LogP contribution < -0.4 is 15.2 Å². The summed E-state index contributed by atoms with van der Waals surface area (Å²) in [5, 5.41) is 8.20. The van der Waals surface area contributed by atoms with Crippen molar-refractivity contribution in [3.05, 3.63) is 36.5 Å². The largest absolute Gasteiger partial charge is 0.497 e. The first-order chi connectivity index (χ1) is 9.73. The van der Waals surface area contributed by atoms with E-state index in [4.69, 9.17) is 15.2 Å². The summed E-state index contributed by atoms with van der Waals surface area (Å²) in [6.07, 6.45) is 1.76. The van der Waals surface area contributed by atoms with E-state index in [-0.39, 0.29) is 0 Å². The number of allylic oxidation sites excluding steroid dienone is 1. The summed E-state index contributed by atoms with van der Waals surface area (Å²) in [5.74, 6) is 1.40. The molecule has 106 valence electrons. The Hall–Kier alpha value is -2.34. The Morgan fingerprint density at radius 3 is 2.40 bits per heavy atom. The SMILES string of the molecule is C=CCn1nnc(CN)c1-c1cc(OC)cc(OC)c1. The number of rotatable bonds is 6. The van der Waals surface area contributed by atoms with Gasteiger partial charge < -0.3 is 15.2 Å². The number of hydrogen-bond donors (Lipinski definition) is 1. The summed E-state index contributed by atoms with van der Waals surface area (Å²) in [7, 11) is 3.23. The fourth-order valence-corrected chi connectivity index (χ4v) is 2.00. The average Bonchev–Trinajstić information content (AvgIpc) is 2.89. The summed E-state index contributed by atoms with van der Waals surface area (Å²) in [5.41, 5.74) is 8.21. The first kappa shape index (κ1) is 14.1. The highest BCUT2D eigenvalue weighted by atomic mass is 16.5. The maximum absolute atomic E-state index is 5.73. The van der Waals surface area contributed by atoms with Gasteiger partial charge in [-0.05, 0) is 12.1 Å². The quantitative estimate of drug-likeness (QED) is 0.810. The molecule has 2 rings (SSSR count). The standard InChI is InChI=1S/C14H18N4O2/c1-4-5-18-14(13(9-15)16-17-18)10-6-11(19-2)8-12(7-10)20-3/h4,6-8H,1,5,9,15H2,2-3H3. The molecule has 2 N–H and O–H groups in total. The Kier molecular flexibility index (Phi) is 4.37. The molecule has 0 aliphatic heterocycles. The molecular formula is C14H18N4O2. The Balaban J connectivity index is 2.59. The molecule has 20 heavy (non-hydrogen) atoms. The zero-order chi connectivity index (χ0) is 14.5. The molecule has 0 unspecified atom stereocenters. The third-order valence-electron chi connectivity index (χ3n) is 2.93. The van der Waals surface area contributed by atoms with Gasteiger partial charge in [-0.3, -0.25) is 0 Å². The van der Waals surface area contributed by atoms with Crippen LogP contribution in [0.25, 0.3) is 11.3 Å².